The molecule has 0 unspecified atom stereocenters. The summed E-state index contributed by atoms with van der Waals surface area (Å²) in [7, 11) is 0. The van der Waals surface area contributed by atoms with Crippen LogP contribution >= 0.6 is 35.1 Å². The summed E-state index contributed by atoms with van der Waals surface area (Å²) >= 11 is 3.25. The first kappa shape index (κ1) is 13.1. The van der Waals surface area contributed by atoms with Crippen molar-refractivity contribution in [1.82, 2.24) is 4.98 Å². The number of thiophene rings is 2. The average molecular weight is 298 g/mol. The summed E-state index contributed by atoms with van der Waals surface area (Å²) in [6.07, 6.45) is 2.57. The van der Waals surface area contributed by atoms with Crippen LogP contribution in [0.15, 0.2) is 29.8 Å². The molecule has 0 aliphatic rings. The highest BCUT2D eigenvalue weighted by Crippen LogP contribution is 2.37. The van der Waals surface area contributed by atoms with Gasteiger partial charge in [0.1, 0.15) is 0 Å². The van der Waals surface area contributed by atoms with Gasteiger partial charge in [-0.1, -0.05) is 6.07 Å². The van der Waals surface area contributed by atoms with E-state index >= 15 is 0 Å². The van der Waals surface area contributed by atoms with Crippen LogP contribution in [0.2, 0.25) is 0 Å². The number of rotatable bonds is 2. The van der Waals surface area contributed by atoms with E-state index < -0.39 is 0 Å². The molecule has 0 aliphatic carbocycles. The van der Waals surface area contributed by atoms with E-state index in [2.05, 4.69) is 16.4 Å². The summed E-state index contributed by atoms with van der Waals surface area (Å²) < 4.78 is 0.997. The Kier molecular flexibility index (Phi) is 3.75. The van der Waals surface area contributed by atoms with Crippen LogP contribution in [-0.2, 0) is 6.42 Å². The fourth-order valence-electron chi connectivity index (χ4n) is 1.83. The van der Waals surface area contributed by atoms with Crippen molar-refractivity contribution >= 4 is 56.0 Å². The number of pyridine rings is 1. The van der Waals surface area contributed by atoms with Gasteiger partial charge in [-0.05, 0) is 17.5 Å². The van der Waals surface area contributed by atoms with Crippen LogP contribution in [0.25, 0.3) is 10.2 Å². The van der Waals surface area contributed by atoms with Crippen LogP contribution in [0.4, 0.5) is 10.7 Å². The van der Waals surface area contributed by atoms with Crippen LogP contribution in [0, 0.1) is 0 Å². The lowest BCUT2D eigenvalue weighted by Gasteiger charge is -1.99. The molecule has 6 heteroatoms. The lowest BCUT2D eigenvalue weighted by molar-refractivity contribution is 1.26. The maximum absolute atomic E-state index is 6.07. The maximum Gasteiger partial charge on any atom is 0.0922 e. The molecule has 0 aliphatic heterocycles. The van der Waals surface area contributed by atoms with E-state index in [9.17, 15) is 0 Å². The smallest absolute Gasteiger partial charge is 0.0922 e. The van der Waals surface area contributed by atoms with Crippen LogP contribution in [0.3, 0.4) is 0 Å². The van der Waals surface area contributed by atoms with Crippen molar-refractivity contribution in [1.29, 1.82) is 0 Å². The molecule has 0 radical (unpaired) electrons. The summed E-state index contributed by atoms with van der Waals surface area (Å²) in [4.78, 5) is 5.69. The lowest BCUT2D eigenvalue weighted by atomic mass is 10.1. The van der Waals surface area contributed by atoms with Gasteiger partial charge in [0.05, 0.1) is 20.9 Å². The zero-order valence-electron chi connectivity index (χ0n) is 9.42. The first-order valence-electron chi connectivity index (χ1n) is 5.19. The predicted octanol–water partition coefficient (Wildman–Crippen LogP) is 3.53. The number of fused-ring (bicyclic) bond motifs is 1. The highest BCUT2D eigenvalue weighted by Gasteiger charge is 2.13. The third-order valence-electron chi connectivity index (χ3n) is 2.66. The molecule has 3 heterocycles. The van der Waals surface area contributed by atoms with E-state index in [1.54, 1.807) is 17.5 Å². The Morgan fingerprint density at radius 3 is 2.78 bits per heavy atom. The van der Waals surface area contributed by atoms with Gasteiger partial charge in [-0.15, -0.1) is 35.1 Å². The van der Waals surface area contributed by atoms with E-state index in [1.165, 1.54) is 16.2 Å². The van der Waals surface area contributed by atoms with Crippen molar-refractivity contribution in [3.05, 3.63) is 40.2 Å². The van der Waals surface area contributed by atoms with Crippen LogP contribution in [-0.4, -0.2) is 4.98 Å². The number of nitrogens with two attached hydrogens (primary N) is 2. The summed E-state index contributed by atoms with van der Waals surface area (Å²) in [6.45, 7) is 0. The molecule has 0 aromatic carbocycles. The fraction of sp³-hybridized carbons (Fsp3) is 0.0833. The highest BCUT2D eigenvalue weighted by molar-refractivity contribution is 7.23. The van der Waals surface area contributed by atoms with Crippen molar-refractivity contribution < 1.29 is 0 Å². The van der Waals surface area contributed by atoms with Crippen molar-refractivity contribution in [3.8, 4) is 0 Å². The zero-order chi connectivity index (χ0) is 11.8. The molecule has 0 atom stereocenters. The fourth-order valence-corrected chi connectivity index (χ4v) is 3.52. The second kappa shape index (κ2) is 5.14. The van der Waals surface area contributed by atoms with Gasteiger partial charge in [0.15, 0.2) is 0 Å². The molecule has 18 heavy (non-hydrogen) atoms. The van der Waals surface area contributed by atoms with Gasteiger partial charge in [-0.25, -0.2) is 0 Å². The van der Waals surface area contributed by atoms with Gasteiger partial charge >= 0.3 is 0 Å². The lowest BCUT2D eigenvalue weighted by Crippen LogP contribution is -1.91. The minimum absolute atomic E-state index is 0. The molecule has 0 saturated carbocycles. The number of hydrogen-bond acceptors (Lipinski definition) is 5. The second-order valence-corrected chi connectivity index (χ2v) is 5.86. The highest BCUT2D eigenvalue weighted by atomic mass is 35.5. The maximum atomic E-state index is 6.07. The van der Waals surface area contributed by atoms with Gasteiger partial charge in [0.25, 0.3) is 0 Å². The normalized spacial score (nSPS) is 10.4. The van der Waals surface area contributed by atoms with Gasteiger partial charge in [0.2, 0.25) is 0 Å². The number of aromatic nitrogens is 1. The van der Waals surface area contributed by atoms with E-state index in [1.807, 2.05) is 12.1 Å². The summed E-state index contributed by atoms with van der Waals surface area (Å²) in [5.41, 5.74) is 14.8. The standard InChI is InChI=1S/C12H11N3S2.ClH/c13-9-3-4-15-10-8(12(14)17-11(9)10)6-7-2-1-5-16-7;/h1-5H,6,14H2,(H2,13,15);1H. The Balaban J connectivity index is 0.00000120. The Labute approximate surface area is 119 Å². The zero-order valence-corrected chi connectivity index (χ0v) is 11.9. The first-order valence-corrected chi connectivity index (χ1v) is 6.89. The number of nitrogen functional groups attached to an aromatic ring is 2. The van der Waals surface area contributed by atoms with E-state index in [0.29, 0.717) is 0 Å². The largest absolute Gasteiger partial charge is 0.397 e. The van der Waals surface area contributed by atoms with E-state index in [0.717, 1.165) is 32.9 Å². The third-order valence-corrected chi connectivity index (χ3v) is 4.64. The average Bonchev–Trinajstić information content (AvgIpc) is 2.91. The summed E-state index contributed by atoms with van der Waals surface area (Å²) in [6, 6.07) is 5.97. The number of nitrogens with zero attached hydrogens (tertiary/aromatic N) is 1. The van der Waals surface area contributed by atoms with Gasteiger partial charge in [-0.2, -0.15) is 0 Å². The number of hydrogen-bond donors (Lipinski definition) is 2. The first-order chi connectivity index (χ1) is 8.25. The molecule has 0 saturated heterocycles. The molecule has 3 nitrogen and oxygen atoms in total. The number of anilines is 2. The van der Waals surface area contributed by atoms with Crippen molar-refractivity contribution in [2.24, 2.45) is 0 Å². The predicted molar refractivity (Wildman–Crippen MR) is 82.8 cm³/mol. The molecule has 94 valence electrons. The van der Waals surface area contributed by atoms with Crippen LogP contribution in [0.1, 0.15) is 10.4 Å². The van der Waals surface area contributed by atoms with Gasteiger partial charge in [-0.3, -0.25) is 4.98 Å². The van der Waals surface area contributed by atoms with E-state index in [4.69, 9.17) is 11.5 Å². The quantitative estimate of drug-likeness (QED) is 0.760. The molecule has 0 bridgehead atoms. The van der Waals surface area contributed by atoms with Gasteiger partial charge in [0, 0.05) is 23.1 Å². The topological polar surface area (TPSA) is 64.9 Å². The molecule has 0 spiro atoms. The molecule has 0 fully saturated rings. The number of halogens is 1. The Morgan fingerprint density at radius 1 is 1.22 bits per heavy atom. The molecular weight excluding hydrogens is 286 g/mol. The Morgan fingerprint density at radius 2 is 2.06 bits per heavy atom. The minimum Gasteiger partial charge on any atom is -0.397 e. The minimum atomic E-state index is 0. The Hall–Kier alpha value is -1.30. The molecular formula is C12H12ClN3S2. The van der Waals surface area contributed by atoms with Gasteiger partial charge < -0.3 is 11.5 Å². The molecule has 4 N–H and O–H groups in total. The van der Waals surface area contributed by atoms with Crippen LogP contribution < -0.4 is 11.5 Å². The SMILES string of the molecule is Cl.Nc1sc2c(N)ccnc2c1Cc1cccs1. The summed E-state index contributed by atoms with van der Waals surface area (Å²) in [5, 5.41) is 2.89. The summed E-state index contributed by atoms with van der Waals surface area (Å²) in [5.74, 6) is 0. The van der Waals surface area contributed by atoms with Crippen molar-refractivity contribution in [2.75, 3.05) is 11.5 Å². The molecule has 3 rings (SSSR count). The van der Waals surface area contributed by atoms with E-state index in [-0.39, 0.29) is 12.4 Å². The Bertz CT molecular complexity index is 661. The molecule has 3 aromatic rings. The molecule has 0 amide bonds. The second-order valence-electron chi connectivity index (χ2n) is 3.78. The third kappa shape index (κ3) is 2.16. The monoisotopic (exact) mass is 297 g/mol. The van der Waals surface area contributed by atoms with Crippen molar-refractivity contribution in [2.45, 2.75) is 6.42 Å². The van der Waals surface area contributed by atoms with Crippen molar-refractivity contribution in [3.63, 3.8) is 0 Å². The van der Waals surface area contributed by atoms with Crippen LogP contribution in [0.5, 0.6) is 0 Å². The molecule has 3 aromatic heterocycles.